The SMILES string of the molecule is Cc1ccccc1[C@H](NC(=O)c1cc(-c2cccn2C)n[nH]1)c1ccncc1. The lowest BCUT2D eigenvalue weighted by Crippen LogP contribution is -2.30. The van der Waals surface area contributed by atoms with E-state index in [4.69, 9.17) is 0 Å². The molecule has 0 fully saturated rings. The van der Waals surface area contributed by atoms with Crippen molar-refractivity contribution in [1.82, 2.24) is 25.1 Å². The molecule has 6 nitrogen and oxygen atoms in total. The molecule has 1 aromatic carbocycles. The van der Waals surface area contributed by atoms with Crippen LogP contribution in [0.25, 0.3) is 11.4 Å². The van der Waals surface area contributed by atoms with Crippen LogP contribution in [0.15, 0.2) is 73.2 Å². The molecule has 140 valence electrons. The lowest BCUT2D eigenvalue weighted by molar-refractivity contribution is 0.0938. The van der Waals surface area contributed by atoms with E-state index in [-0.39, 0.29) is 11.9 Å². The van der Waals surface area contributed by atoms with E-state index in [9.17, 15) is 4.79 Å². The average molecular weight is 371 g/mol. The molecule has 0 unspecified atom stereocenters. The molecule has 0 bridgehead atoms. The Bertz CT molecular complexity index is 1100. The molecule has 1 amide bonds. The van der Waals surface area contributed by atoms with Gasteiger partial charge in [0.1, 0.15) is 11.4 Å². The number of carbonyl (C=O) groups is 1. The average Bonchev–Trinajstić information content (AvgIpc) is 3.36. The van der Waals surface area contributed by atoms with Crippen LogP contribution in [0.3, 0.4) is 0 Å². The number of rotatable bonds is 5. The van der Waals surface area contributed by atoms with Gasteiger partial charge in [-0.15, -0.1) is 0 Å². The van der Waals surface area contributed by atoms with Crippen LogP contribution in [0.4, 0.5) is 0 Å². The predicted molar refractivity (Wildman–Crippen MR) is 108 cm³/mol. The van der Waals surface area contributed by atoms with Gasteiger partial charge in [0.2, 0.25) is 0 Å². The van der Waals surface area contributed by atoms with E-state index in [0.29, 0.717) is 5.69 Å². The molecule has 28 heavy (non-hydrogen) atoms. The molecule has 1 atom stereocenters. The fourth-order valence-electron chi connectivity index (χ4n) is 3.31. The summed E-state index contributed by atoms with van der Waals surface area (Å²) >= 11 is 0. The number of nitrogens with one attached hydrogen (secondary N) is 2. The van der Waals surface area contributed by atoms with E-state index in [1.54, 1.807) is 18.5 Å². The van der Waals surface area contributed by atoms with Crippen LogP contribution in [-0.2, 0) is 7.05 Å². The van der Waals surface area contributed by atoms with Crippen LogP contribution in [0, 0.1) is 6.92 Å². The van der Waals surface area contributed by atoms with Gasteiger partial charge in [-0.1, -0.05) is 24.3 Å². The number of hydrogen-bond acceptors (Lipinski definition) is 3. The Morgan fingerprint density at radius 1 is 1.11 bits per heavy atom. The molecular weight excluding hydrogens is 350 g/mol. The minimum Gasteiger partial charge on any atom is -0.349 e. The van der Waals surface area contributed by atoms with E-state index in [2.05, 4.69) is 20.5 Å². The van der Waals surface area contributed by atoms with Crippen molar-refractivity contribution in [2.75, 3.05) is 0 Å². The fraction of sp³-hybridized carbons (Fsp3) is 0.136. The Labute approximate surface area is 163 Å². The number of H-pyrrole nitrogens is 1. The van der Waals surface area contributed by atoms with E-state index in [1.807, 2.05) is 73.3 Å². The third-order valence-electron chi connectivity index (χ3n) is 4.84. The molecule has 0 saturated carbocycles. The van der Waals surface area contributed by atoms with Crippen molar-refractivity contribution in [2.45, 2.75) is 13.0 Å². The standard InChI is InChI=1S/C22H21N5O/c1-15-6-3-4-7-17(15)21(16-9-11-23-12-10-16)24-22(28)19-14-18(25-26-19)20-8-5-13-27(20)2/h3-14,21H,1-2H3,(H,24,28)(H,25,26)/t21-/m1/s1. The largest absolute Gasteiger partial charge is 0.349 e. The number of hydrogen-bond donors (Lipinski definition) is 2. The molecule has 3 aromatic heterocycles. The first-order chi connectivity index (χ1) is 13.6. The maximum absolute atomic E-state index is 13.0. The second kappa shape index (κ2) is 7.52. The van der Waals surface area contributed by atoms with Gasteiger partial charge in [0.05, 0.1) is 11.7 Å². The number of benzene rings is 1. The van der Waals surface area contributed by atoms with Crippen LogP contribution >= 0.6 is 0 Å². The first-order valence-electron chi connectivity index (χ1n) is 9.07. The molecule has 0 saturated heterocycles. The second-order valence-electron chi connectivity index (χ2n) is 6.71. The topological polar surface area (TPSA) is 75.6 Å². The van der Waals surface area contributed by atoms with Gasteiger partial charge in [-0.05, 0) is 53.9 Å². The number of amides is 1. The van der Waals surface area contributed by atoms with Crippen LogP contribution in [0.2, 0.25) is 0 Å². The molecule has 0 radical (unpaired) electrons. The maximum Gasteiger partial charge on any atom is 0.270 e. The number of aryl methyl sites for hydroxylation is 2. The van der Waals surface area contributed by atoms with Crippen molar-refractivity contribution >= 4 is 5.91 Å². The van der Waals surface area contributed by atoms with Gasteiger partial charge in [0, 0.05) is 25.6 Å². The quantitative estimate of drug-likeness (QED) is 0.562. The molecule has 4 aromatic rings. The molecule has 0 aliphatic rings. The first kappa shape index (κ1) is 17.7. The van der Waals surface area contributed by atoms with Crippen molar-refractivity contribution in [1.29, 1.82) is 0 Å². The summed E-state index contributed by atoms with van der Waals surface area (Å²) in [5.74, 6) is -0.210. The molecule has 2 N–H and O–H groups in total. The summed E-state index contributed by atoms with van der Waals surface area (Å²) in [6.45, 7) is 2.04. The Kier molecular flexibility index (Phi) is 4.76. The third-order valence-corrected chi connectivity index (χ3v) is 4.84. The van der Waals surface area contributed by atoms with Crippen molar-refractivity contribution in [3.8, 4) is 11.4 Å². The normalized spacial score (nSPS) is 11.9. The summed E-state index contributed by atoms with van der Waals surface area (Å²) in [6, 6.07) is 17.3. The Hall–Kier alpha value is -3.67. The van der Waals surface area contributed by atoms with Crippen LogP contribution in [0.5, 0.6) is 0 Å². The number of carbonyl (C=O) groups excluding carboxylic acids is 1. The second-order valence-corrected chi connectivity index (χ2v) is 6.71. The van der Waals surface area contributed by atoms with E-state index in [0.717, 1.165) is 28.1 Å². The van der Waals surface area contributed by atoms with E-state index >= 15 is 0 Å². The van der Waals surface area contributed by atoms with Crippen LogP contribution < -0.4 is 5.32 Å². The van der Waals surface area contributed by atoms with Crippen molar-refractivity contribution in [3.63, 3.8) is 0 Å². The Balaban J connectivity index is 1.64. The number of aromatic nitrogens is 4. The number of pyridine rings is 1. The van der Waals surface area contributed by atoms with Crippen LogP contribution in [0.1, 0.15) is 33.2 Å². The maximum atomic E-state index is 13.0. The minimum absolute atomic E-state index is 0.210. The first-order valence-corrected chi connectivity index (χ1v) is 9.07. The summed E-state index contributed by atoms with van der Waals surface area (Å²) in [5, 5.41) is 10.3. The predicted octanol–water partition coefficient (Wildman–Crippen LogP) is 3.64. The fourth-order valence-corrected chi connectivity index (χ4v) is 3.31. The van der Waals surface area contributed by atoms with Gasteiger partial charge in [0.25, 0.3) is 5.91 Å². The summed E-state index contributed by atoms with van der Waals surface area (Å²) in [4.78, 5) is 17.1. The zero-order chi connectivity index (χ0) is 19.5. The molecule has 6 heteroatoms. The number of nitrogens with zero attached hydrogens (tertiary/aromatic N) is 3. The highest BCUT2D eigenvalue weighted by atomic mass is 16.2. The van der Waals surface area contributed by atoms with Gasteiger partial charge < -0.3 is 9.88 Å². The third kappa shape index (κ3) is 3.44. The molecular formula is C22H21N5O. The van der Waals surface area contributed by atoms with Gasteiger partial charge in [-0.25, -0.2) is 0 Å². The van der Waals surface area contributed by atoms with E-state index in [1.165, 1.54) is 0 Å². The van der Waals surface area contributed by atoms with Gasteiger partial charge >= 0.3 is 0 Å². The van der Waals surface area contributed by atoms with Crippen molar-refractivity contribution in [2.24, 2.45) is 7.05 Å². The Morgan fingerprint density at radius 3 is 2.61 bits per heavy atom. The molecule has 0 aliphatic heterocycles. The van der Waals surface area contributed by atoms with Crippen molar-refractivity contribution in [3.05, 3.63) is 95.6 Å². The summed E-state index contributed by atoms with van der Waals surface area (Å²) in [6.07, 6.45) is 5.41. The molecule has 0 aliphatic carbocycles. The lowest BCUT2D eigenvalue weighted by atomic mass is 9.95. The lowest BCUT2D eigenvalue weighted by Gasteiger charge is -2.21. The van der Waals surface area contributed by atoms with E-state index < -0.39 is 0 Å². The minimum atomic E-state index is -0.279. The highest BCUT2D eigenvalue weighted by Crippen LogP contribution is 2.25. The summed E-state index contributed by atoms with van der Waals surface area (Å²) in [5.41, 5.74) is 5.22. The molecule has 3 heterocycles. The highest BCUT2D eigenvalue weighted by molar-refractivity contribution is 5.93. The molecule has 0 spiro atoms. The van der Waals surface area contributed by atoms with Gasteiger partial charge in [-0.2, -0.15) is 5.10 Å². The monoisotopic (exact) mass is 371 g/mol. The summed E-state index contributed by atoms with van der Waals surface area (Å²) < 4.78 is 1.96. The smallest absolute Gasteiger partial charge is 0.270 e. The van der Waals surface area contributed by atoms with Gasteiger partial charge in [0.15, 0.2) is 0 Å². The molecule has 4 rings (SSSR count). The highest BCUT2D eigenvalue weighted by Gasteiger charge is 2.21. The Morgan fingerprint density at radius 2 is 1.89 bits per heavy atom. The van der Waals surface area contributed by atoms with Crippen LogP contribution in [-0.4, -0.2) is 25.7 Å². The zero-order valence-corrected chi connectivity index (χ0v) is 15.8. The summed E-state index contributed by atoms with van der Waals surface area (Å²) in [7, 11) is 1.95. The van der Waals surface area contributed by atoms with Crippen molar-refractivity contribution < 1.29 is 4.79 Å². The number of aromatic amines is 1. The zero-order valence-electron chi connectivity index (χ0n) is 15.8. The van der Waals surface area contributed by atoms with Gasteiger partial charge in [-0.3, -0.25) is 14.9 Å².